The van der Waals surface area contributed by atoms with Gasteiger partial charge in [0.2, 0.25) is 0 Å². The standard InChI is InChI=1S/C13H19NO/c1-4-10-9-14(5-2)13-7-6-11(15-3)8-12(10)13/h6-8,10H,4-5,9H2,1-3H3. The van der Waals surface area contributed by atoms with Crippen LogP contribution in [0.3, 0.4) is 0 Å². The van der Waals surface area contributed by atoms with Gasteiger partial charge >= 0.3 is 0 Å². The first-order valence-electron chi connectivity index (χ1n) is 5.73. The number of methoxy groups -OCH3 is 1. The van der Waals surface area contributed by atoms with Gasteiger partial charge in [-0.3, -0.25) is 0 Å². The molecule has 1 heterocycles. The predicted molar refractivity (Wildman–Crippen MR) is 63.9 cm³/mol. The number of nitrogens with zero attached hydrogens (tertiary/aromatic N) is 1. The Balaban J connectivity index is 2.39. The van der Waals surface area contributed by atoms with Crippen LogP contribution < -0.4 is 9.64 Å². The highest BCUT2D eigenvalue weighted by molar-refractivity contribution is 5.62. The molecule has 0 aromatic heterocycles. The van der Waals surface area contributed by atoms with Gasteiger partial charge in [0.05, 0.1) is 7.11 Å². The van der Waals surface area contributed by atoms with Crippen LogP contribution in [0.1, 0.15) is 31.7 Å². The SMILES string of the molecule is CCC1CN(CC)c2ccc(OC)cc21. The maximum atomic E-state index is 5.28. The number of ether oxygens (including phenoxy) is 1. The van der Waals surface area contributed by atoms with Gasteiger partial charge in [0.1, 0.15) is 5.75 Å². The van der Waals surface area contributed by atoms with Crippen molar-refractivity contribution >= 4 is 5.69 Å². The summed E-state index contributed by atoms with van der Waals surface area (Å²) < 4.78 is 5.28. The van der Waals surface area contributed by atoms with E-state index in [-0.39, 0.29) is 0 Å². The third kappa shape index (κ3) is 1.69. The van der Waals surface area contributed by atoms with E-state index in [1.54, 1.807) is 7.11 Å². The van der Waals surface area contributed by atoms with Gasteiger partial charge in [-0.15, -0.1) is 0 Å². The highest BCUT2D eigenvalue weighted by Crippen LogP contribution is 2.39. The molecule has 0 aliphatic carbocycles. The molecule has 15 heavy (non-hydrogen) atoms. The summed E-state index contributed by atoms with van der Waals surface area (Å²) in [6, 6.07) is 6.44. The van der Waals surface area contributed by atoms with Crippen LogP contribution >= 0.6 is 0 Å². The fourth-order valence-electron chi connectivity index (χ4n) is 2.39. The van der Waals surface area contributed by atoms with E-state index in [2.05, 4.69) is 36.9 Å². The summed E-state index contributed by atoms with van der Waals surface area (Å²) in [6.07, 6.45) is 1.21. The molecule has 0 saturated heterocycles. The molecule has 0 amide bonds. The zero-order valence-corrected chi connectivity index (χ0v) is 9.79. The summed E-state index contributed by atoms with van der Waals surface area (Å²) in [5, 5.41) is 0. The van der Waals surface area contributed by atoms with Crippen LogP contribution in [0, 0.1) is 0 Å². The van der Waals surface area contributed by atoms with E-state index in [4.69, 9.17) is 4.74 Å². The van der Waals surface area contributed by atoms with E-state index < -0.39 is 0 Å². The van der Waals surface area contributed by atoms with Gasteiger partial charge in [-0.25, -0.2) is 0 Å². The van der Waals surface area contributed by atoms with Crippen LogP contribution in [0.4, 0.5) is 5.69 Å². The average molecular weight is 205 g/mol. The lowest BCUT2D eigenvalue weighted by Gasteiger charge is -2.16. The first-order valence-corrected chi connectivity index (χ1v) is 5.73. The van der Waals surface area contributed by atoms with Crippen LogP contribution in [-0.4, -0.2) is 20.2 Å². The second-order valence-corrected chi connectivity index (χ2v) is 4.07. The Labute approximate surface area is 91.9 Å². The molecule has 2 rings (SSSR count). The Morgan fingerprint density at radius 3 is 2.80 bits per heavy atom. The number of hydrogen-bond donors (Lipinski definition) is 0. The normalized spacial score (nSPS) is 19.1. The van der Waals surface area contributed by atoms with Crippen molar-refractivity contribution in [1.82, 2.24) is 0 Å². The Morgan fingerprint density at radius 1 is 1.40 bits per heavy atom. The van der Waals surface area contributed by atoms with Gasteiger partial charge in [-0.2, -0.15) is 0 Å². The molecule has 0 radical (unpaired) electrons. The Bertz CT molecular complexity index is 348. The largest absolute Gasteiger partial charge is 0.497 e. The summed E-state index contributed by atoms with van der Waals surface area (Å²) in [6.45, 7) is 6.73. The predicted octanol–water partition coefficient (Wildman–Crippen LogP) is 3.03. The van der Waals surface area contributed by atoms with Crippen molar-refractivity contribution in [2.24, 2.45) is 0 Å². The van der Waals surface area contributed by atoms with E-state index in [1.807, 2.05) is 0 Å². The summed E-state index contributed by atoms with van der Waals surface area (Å²) in [4.78, 5) is 2.45. The van der Waals surface area contributed by atoms with E-state index in [1.165, 1.54) is 17.7 Å². The molecule has 1 unspecified atom stereocenters. The molecule has 0 saturated carbocycles. The molecule has 0 spiro atoms. The van der Waals surface area contributed by atoms with Crippen molar-refractivity contribution in [3.8, 4) is 5.75 Å². The van der Waals surface area contributed by atoms with Crippen LogP contribution in [0.5, 0.6) is 5.75 Å². The van der Waals surface area contributed by atoms with Gasteiger partial charge in [0.25, 0.3) is 0 Å². The van der Waals surface area contributed by atoms with Crippen molar-refractivity contribution in [1.29, 1.82) is 0 Å². The maximum Gasteiger partial charge on any atom is 0.119 e. The maximum absolute atomic E-state index is 5.28. The first-order chi connectivity index (χ1) is 7.30. The zero-order chi connectivity index (χ0) is 10.8. The average Bonchev–Trinajstić information content (AvgIpc) is 2.65. The number of benzene rings is 1. The first kappa shape index (κ1) is 10.3. The van der Waals surface area contributed by atoms with Crippen LogP contribution in [0.25, 0.3) is 0 Å². The molecular weight excluding hydrogens is 186 g/mol. The molecule has 2 nitrogen and oxygen atoms in total. The summed E-state index contributed by atoms with van der Waals surface area (Å²) >= 11 is 0. The van der Waals surface area contributed by atoms with Crippen LogP contribution in [0.2, 0.25) is 0 Å². The van der Waals surface area contributed by atoms with Crippen molar-refractivity contribution in [2.45, 2.75) is 26.2 Å². The van der Waals surface area contributed by atoms with Crippen molar-refractivity contribution in [3.63, 3.8) is 0 Å². The number of anilines is 1. The topological polar surface area (TPSA) is 12.5 Å². The second-order valence-electron chi connectivity index (χ2n) is 4.07. The Hall–Kier alpha value is -1.18. The van der Waals surface area contributed by atoms with Crippen molar-refractivity contribution < 1.29 is 4.74 Å². The lowest BCUT2D eigenvalue weighted by Crippen LogP contribution is -2.20. The van der Waals surface area contributed by atoms with Crippen molar-refractivity contribution in [2.75, 3.05) is 25.1 Å². The van der Waals surface area contributed by atoms with Gasteiger partial charge in [0, 0.05) is 24.7 Å². The van der Waals surface area contributed by atoms with Crippen molar-refractivity contribution in [3.05, 3.63) is 23.8 Å². The molecule has 0 N–H and O–H groups in total. The fraction of sp³-hybridized carbons (Fsp3) is 0.538. The number of fused-ring (bicyclic) bond motifs is 1. The minimum absolute atomic E-state index is 0.676. The van der Waals surface area contributed by atoms with Gasteiger partial charge in [-0.05, 0) is 37.1 Å². The monoisotopic (exact) mass is 205 g/mol. The highest BCUT2D eigenvalue weighted by atomic mass is 16.5. The van der Waals surface area contributed by atoms with E-state index in [0.29, 0.717) is 5.92 Å². The van der Waals surface area contributed by atoms with Gasteiger partial charge < -0.3 is 9.64 Å². The van der Waals surface area contributed by atoms with Crippen LogP contribution in [0.15, 0.2) is 18.2 Å². The molecule has 1 aromatic rings. The highest BCUT2D eigenvalue weighted by Gasteiger charge is 2.26. The van der Waals surface area contributed by atoms with Gasteiger partial charge in [0.15, 0.2) is 0 Å². The third-order valence-corrected chi connectivity index (χ3v) is 3.33. The number of rotatable bonds is 3. The minimum atomic E-state index is 0.676. The van der Waals surface area contributed by atoms with Gasteiger partial charge in [-0.1, -0.05) is 6.92 Å². The van der Waals surface area contributed by atoms with E-state index in [9.17, 15) is 0 Å². The number of likely N-dealkylation sites (N-methyl/N-ethyl adjacent to an activating group) is 1. The van der Waals surface area contributed by atoms with E-state index >= 15 is 0 Å². The zero-order valence-electron chi connectivity index (χ0n) is 9.79. The summed E-state index contributed by atoms with van der Waals surface area (Å²) in [7, 11) is 1.73. The Morgan fingerprint density at radius 2 is 2.20 bits per heavy atom. The lowest BCUT2D eigenvalue weighted by molar-refractivity contribution is 0.414. The van der Waals surface area contributed by atoms with E-state index in [0.717, 1.165) is 18.8 Å². The molecular formula is C13H19NO. The Kier molecular flexibility index (Phi) is 2.85. The molecule has 82 valence electrons. The molecule has 1 aliphatic heterocycles. The summed E-state index contributed by atoms with van der Waals surface area (Å²) in [5.41, 5.74) is 2.85. The number of hydrogen-bond acceptors (Lipinski definition) is 2. The second kappa shape index (κ2) is 4.13. The molecule has 1 aromatic carbocycles. The minimum Gasteiger partial charge on any atom is -0.497 e. The summed E-state index contributed by atoms with van der Waals surface area (Å²) in [5.74, 6) is 1.65. The smallest absolute Gasteiger partial charge is 0.119 e. The fourth-order valence-corrected chi connectivity index (χ4v) is 2.39. The lowest BCUT2D eigenvalue weighted by atomic mass is 9.99. The third-order valence-electron chi connectivity index (χ3n) is 3.33. The molecule has 1 atom stereocenters. The molecule has 0 bridgehead atoms. The molecule has 2 heteroatoms. The van der Waals surface area contributed by atoms with Crippen LogP contribution in [-0.2, 0) is 0 Å². The quantitative estimate of drug-likeness (QED) is 0.752. The molecule has 1 aliphatic rings. The molecule has 0 fully saturated rings.